The van der Waals surface area contributed by atoms with E-state index >= 15 is 0 Å². The summed E-state index contributed by atoms with van der Waals surface area (Å²) in [5, 5.41) is 9.33. The quantitative estimate of drug-likeness (QED) is 0.602. The number of rotatable bonds is 6. The Kier molecular flexibility index (Phi) is 4.88. The lowest BCUT2D eigenvalue weighted by Gasteiger charge is -2.11. The average molecular weight is 260 g/mol. The number of hydrogen-bond donors (Lipinski definition) is 3. The number of aliphatic hydroxyl groups is 1. The zero-order valence-electron chi connectivity index (χ0n) is 9.46. The highest BCUT2D eigenvalue weighted by atomic mass is 32.2. The van der Waals surface area contributed by atoms with E-state index in [0.29, 0.717) is 5.69 Å². The highest BCUT2D eigenvalue weighted by Crippen LogP contribution is 2.11. The summed E-state index contributed by atoms with van der Waals surface area (Å²) in [4.78, 5) is 0.108. The molecule has 7 heteroatoms. The Hall–Kier alpha value is -1.15. The Morgan fingerprint density at radius 3 is 2.53 bits per heavy atom. The summed E-state index contributed by atoms with van der Waals surface area (Å²) < 4.78 is 30.5. The Labute approximate surface area is 100 Å². The first kappa shape index (κ1) is 13.9. The van der Waals surface area contributed by atoms with Crippen LogP contribution >= 0.6 is 0 Å². The van der Waals surface area contributed by atoms with Gasteiger partial charge in [0.2, 0.25) is 10.0 Å². The van der Waals surface area contributed by atoms with Crippen LogP contribution in [0.3, 0.4) is 0 Å². The van der Waals surface area contributed by atoms with E-state index in [1.807, 2.05) is 0 Å². The third-order valence-electron chi connectivity index (χ3n) is 2.06. The van der Waals surface area contributed by atoms with E-state index in [9.17, 15) is 13.5 Å². The number of benzene rings is 1. The van der Waals surface area contributed by atoms with Gasteiger partial charge in [0.25, 0.3) is 0 Å². The smallest absolute Gasteiger partial charge is 0.240 e. The molecule has 0 bridgehead atoms. The van der Waals surface area contributed by atoms with Gasteiger partial charge in [0.05, 0.1) is 17.6 Å². The van der Waals surface area contributed by atoms with Gasteiger partial charge >= 0.3 is 0 Å². The predicted octanol–water partition coefficient (Wildman–Crippen LogP) is -0.446. The van der Waals surface area contributed by atoms with Crippen LogP contribution in [-0.2, 0) is 14.8 Å². The number of nitrogen functional groups attached to an aromatic ring is 1. The molecule has 1 atom stereocenters. The molecule has 4 N–H and O–H groups in total. The van der Waals surface area contributed by atoms with Crippen LogP contribution in [0, 0.1) is 0 Å². The molecular formula is C10H16N2O4S. The van der Waals surface area contributed by atoms with E-state index in [2.05, 4.69) is 9.46 Å². The highest BCUT2D eigenvalue weighted by Gasteiger charge is 2.15. The Balaban J connectivity index is 2.66. The minimum atomic E-state index is -3.61. The largest absolute Gasteiger partial charge is 0.399 e. The number of anilines is 1. The van der Waals surface area contributed by atoms with Gasteiger partial charge in [-0.05, 0) is 24.3 Å². The molecule has 0 amide bonds. The van der Waals surface area contributed by atoms with Crippen molar-refractivity contribution in [3.8, 4) is 0 Å². The third-order valence-corrected chi connectivity index (χ3v) is 3.50. The lowest BCUT2D eigenvalue weighted by Crippen LogP contribution is -2.34. The average Bonchev–Trinajstić information content (AvgIpc) is 2.28. The molecule has 6 nitrogen and oxygen atoms in total. The Morgan fingerprint density at radius 1 is 1.41 bits per heavy atom. The van der Waals surface area contributed by atoms with Crippen molar-refractivity contribution in [2.45, 2.75) is 11.0 Å². The van der Waals surface area contributed by atoms with Crippen molar-refractivity contribution in [1.82, 2.24) is 4.72 Å². The molecular weight excluding hydrogens is 244 g/mol. The fraction of sp³-hybridized carbons (Fsp3) is 0.400. The summed E-state index contributed by atoms with van der Waals surface area (Å²) in [5.74, 6) is 0. The molecule has 0 aromatic heterocycles. The van der Waals surface area contributed by atoms with Crippen molar-refractivity contribution in [3.05, 3.63) is 24.3 Å². The van der Waals surface area contributed by atoms with Crippen LogP contribution in [0.5, 0.6) is 0 Å². The van der Waals surface area contributed by atoms with Crippen molar-refractivity contribution in [2.75, 3.05) is 26.0 Å². The Bertz CT molecular complexity index is 444. The molecule has 96 valence electrons. The minimum Gasteiger partial charge on any atom is -0.399 e. The van der Waals surface area contributed by atoms with Crippen LogP contribution in [0.1, 0.15) is 0 Å². The van der Waals surface area contributed by atoms with Gasteiger partial charge in [-0.15, -0.1) is 0 Å². The second-order valence-corrected chi connectivity index (χ2v) is 5.30. The highest BCUT2D eigenvalue weighted by molar-refractivity contribution is 7.89. The van der Waals surface area contributed by atoms with E-state index in [1.165, 1.54) is 31.4 Å². The fourth-order valence-corrected chi connectivity index (χ4v) is 2.26. The van der Waals surface area contributed by atoms with Crippen LogP contribution < -0.4 is 10.5 Å². The number of methoxy groups -OCH3 is 1. The maximum absolute atomic E-state index is 11.7. The lowest BCUT2D eigenvalue weighted by molar-refractivity contribution is 0.0679. The van der Waals surface area contributed by atoms with Crippen molar-refractivity contribution >= 4 is 15.7 Å². The van der Waals surface area contributed by atoms with E-state index in [0.717, 1.165) is 0 Å². The number of hydrogen-bond acceptors (Lipinski definition) is 5. The maximum atomic E-state index is 11.7. The van der Waals surface area contributed by atoms with Gasteiger partial charge in [-0.3, -0.25) is 0 Å². The van der Waals surface area contributed by atoms with Crippen LogP contribution in [0.4, 0.5) is 5.69 Å². The SMILES string of the molecule is COCC(O)CNS(=O)(=O)c1ccc(N)cc1. The summed E-state index contributed by atoms with van der Waals surface area (Å²) in [6.45, 7) is -0.0230. The standard InChI is InChI=1S/C10H16N2O4S/c1-16-7-9(13)6-12-17(14,15)10-4-2-8(11)3-5-10/h2-5,9,12-13H,6-7,11H2,1H3. The van der Waals surface area contributed by atoms with Crippen molar-refractivity contribution in [1.29, 1.82) is 0 Å². The van der Waals surface area contributed by atoms with E-state index < -0.39 is 16.1 Å². The molecule has 0 heterocycles. The molecule has 0 saturated heterocycles. The molecule has 1 rings (SSSR count). The minimum absolute atomic E-state index is 0.0737. The van der Waals surface area contributed by atoms with Crippen LogP contribution in [0.2, 0.25) is 0 Å². The van der Waals surface area contributed by atoms with Gasteiger partial charge in [-0.2, -0.15) is 0 Å². The summed E-state index contributed by atoms with van der Waals surface area (Å²) in [5.41, 5.74) is 5.95. The number of aliphatic hydroxyl groups excluding tert-OH is 1. The molecule has 0 radical (unpaired) electrons. The van der Waals surface area contributed by atoms with E-state index in [1.54, 1.807) is 0 Å². The molecule has 0 aliphatic carbocycles. The summed E-state index contributed by atoms with van der Waals surface area (Å²) >= 11 is 0. The number of nitrogens with one attached hydrogen (secondary N) is 1. The summed E-state index contributed by atoms with van der Waals surface area (Å²) in [6.07, 6.45) is -0.872. The summed E-state index contributed by atoms with van der Waals surface area (Å²) in [6, 6.07) is 5.81. The van der Waals surface area contributed by atoms with Crippen molar-refractivity contribution in [3.63, 3.8) is 0 Å². The summed E-state index contributed by atoms with van der Waals surface area (Å²) in [7, 11) is -2.18. The third kappa shape index (κ3) is 4.31. The van der Waals surface area contributed by atoms with Gasteiger partial charge in [-0.1, -0.05) is 0 Å². The van der Waals surface area contributed by atoms with Crippen LogP contribution in [0.25, 0.3) is 0 Å². The number of sulfonamides is 1. The zero-order valence-corrected chi connectivity index (χ0v) is 10.3. The molecule has 0 fully saturated rings. The maximum Gasteiger partial charge on any atom is 0.240 e. The van der Waals surface area contributed by atoms with Gasteiger partial charge in [0.15, 0.2) is 0 Å². The molecule has 1 unspecified atom stereocenters. The second-order valence-electron chi connectivity index (χ2n) is 3.53. The van der Waals surface area contributed by atoms with Crippen LogP contribution in [-0.4, -0.2) is 39.9 Å². The second kappa shape index (κ2) is 5.97. The van der Waals surface area contributed by atoms with E-state index in [-0.39, 0.29) is 18.0 Å². The molecule has 0 aliphatic heterocycles. The van der Waals surface area contributed by atoms with E-state index in [4.69, 9.17) is 5.73 Å². The van der Waals surface area contributed by atoms with Gasteiger partial charge in [0.1, 0.15) is 0 Å². The fourth-order valence-electron chi connectivity index (χ4n) is 1.19. The van der Waals surface area contributed by atoms with Gasteiger partial charge < -0.3 is 15.6 Å². The van der Waals surface area contributed by atoms with Crippen LogP contribution in [0.15, 0.2) is 29.2 Å². The number of ether oxygens (including phenoxy) is 1. The predicted molar refractivity (Wildman–Crippen MR) is 63.9 cm³/mol. The van der Waals surface area contributed by atoms with Crippen molar-refractivity contribution < 1.29 is 18.3 Å². The lowest BCUT2D eigenvalue weighted by atomic mass is 10.3. The Morgan fingerprint density at radius 2 is 2.00 bits per heavy atom. The molecule has 1 aromatic rings. The van der Waals surface area contributed by atoms with Crippen molar-refractivity contribution in [2.24, 2.45) is 0 Å². The van der Waals surface area contributed by atoms with Gasteiger partial charge in [0, 0.05) is 19.3 Å². The normalized spacial score (nSPS) is 13.5. The molecule has 17 heavy (non-hydrogen) atoms. The number of nitrogens with two attached hydrogens (primary N) is 1. The first-order chi connectivity index (χ1) is 7.95. The molecule has 0 spiro atoms. The first-order valence-electron chi connectivity index (χ1n) is 4.98. The molecule has 0 aliphatic rings. The molecule has 0 saturated carbocycles. The molecule has 1 aromatic carbocycles. The monoisotopic (exact) mass is 260 g/mol. The zero-order chi connectivity index (χ0) is 12.9. The topological polar surface area (TPSA) is 102 Å². The van der Waals surface area contributed by atoms with Gasteiger partial charge in [-0.25, -0.2) is 13.1 Å². The first-order valence-corrected chi connectivity index (χ1v) is 6.46.